The summed E-state index contributed by atoms with van der Waals surface area (Å²) in [5, 5.41) is 2.63. The molecule has 57 heavy (non-hydrogen) atoms. The molecular weight excluding hydrogens is 850 g/mol. The Labute approximate surface area is 339 Å². The second kappa shape index (κ2) is 20.4. The van der Waals surface area contributed by atoms with Gasteiger partial charge in [-0.15, -0.1) is 0 Å². The molecule has 15 heteroatoms. The van der Waals surface area contributed by atoms with Gasteiger partial charge in [0.05, 0.1) is 22.3 Å². The third kappa shape index (κ3) is 12.8. The summed E-state index contributed by atoms with van der Waals surface area (Å²) in [6.45, 7) is 1.81. The van der Waals surface area contributed by atoms with Gasteiger partial charge in [0.15, 0.2) is 0 Å². The van der Waals surface area contributed by atoms with Crippen LogP contribution in [0.4, 0.5) is 52.7 Å². The van der Waals surface area contributed by atoms with Gasteiger partial charge in [-0.2, -0.15) is 52.7 Å². The molecule has 0 nitrogen and oxygen atoms in total. The van der Waals surface area contributed by atoms with Gasteiger partial charge < -0.3 is 14.9 Å². The van der Waals surface area contributed by atoms with E-state index in [1.54, 1.807) is 0 Å². The minimum atomic E-state index is -4.62. The first-order valence-electron chi connectivity index (χ1n) is 17.3. The molecule has 0 N–H and O–H groups in total. The summed E-state index contributed by atoms with van der Waals surface area (Å²) in [4.78, 5) is 0. The van der Waals surface area contributed by atoms with E-state index in [-0.39, 0.29) is 31.9 Å². The van der Waals surface area contributed by atoms with E-state index in [1.807, 2.05) is 6.92 Å². The number of rotatable bonds is 7. The number of allylic oxidation sites excluding steroid dienone is 2. The van der Waals surface area contributed by atoms with Gasteiger partial charge in [0, 0.05) is 5.66 Å². The molecule has 1 saturated carbocycles. The molecule has 4 aromatic carbocycles. The average Bonchev–Trinajstić information content (AvgIpc) is 3.85. The Kier molecular flexibility index (Phi) is 18.0. The van der Waals surface area contributed by atoms with Crippen molar-refractivity contribution in [1.29, 1.82) is 0 Å². The van der Waals surface area contributed by atoms with Crippen LogP contribution >= 0.6 is 15.8 Å². The van der Waals surface area contributed by atoms with Gasteiger partial charge in [0.2, 0.25) is 0 Å². The maximum Gasteiger partial charge on any atom is 2.00 e. The smallest absolute Gasteiger partial charge is 0.358 e. The van der Waals surface area contributed by atoms with Gasteiger partial charge in [0.1, 0.15) is 0 Å². The third-order valence-electron chi connectivity index (χ3n) is 9.49. The molecule has 1 fully saturated rings. The summed E-state index contributed by atoms with van der Waals surface area (Å²) in [5.74, 6) is 0. The topological polar surface area (TPSA) is 0 Å². The second-order valence-corrected chi connectivity index (χ2v) is 17.9. The van der Waals surface area contributed by atoms with Gasteiger partial charge in [-0.3, -0.25) is 0 Å². The predicted molar refractivity (Wildman–Crippen MR) is 204 cm³/mol. The molecular formula is C42H42F12FeP2. The molecule has 0 amide bonds. The molecule has 0 spiro atoms. The fourth-order valence-electron chi connectivity index (χ4n) is 6.77. The van der Waals surface area contributed by atoms with Gasteiger partial charge in [0.25, 0.3) is 0 Å². The molecule has 2 aliphatic carbocycles. The summed E-state index contributed by atoms with van der Waals surface area (Å²) in [7, 11) is -3.30. The molecule has 0 aromatic heterocycles. The Morgan fingerprint density at radius 3 is 0.930 bits per heavy atom. The van der Waals surface area contributed by atoms with E-state index in [1.165, 1.54) is 80.6 Å². The van der Waals surface area contributed by atoms with E-state index < -0.39 is 68.5 Å². The fourth-order valence-corrected chi connectivity index (χ4v) is 12.4. The van der Waals surface area contributed by atoms with E-state index in [0.717, 1.165) is 59.4 Å². The van der Waals surface area contributed by atoms with Crippen molar-refractivity contribution in [2.75, 3.05) is 0 Å². The Hall–Kier alpha value is -2.84. The Morgan fingerprint density at radius 1 is 0.404 bits per heavy atom. The second-order valence-electron chi connectivity index (χ2n) is 13.2. The number of alkyl halides is 12. The zero-order valence-corrected chi connectivity index (χ0v) is 34.1. The molecule has 6 rings (SSSR count). The SMILES string of the molecule is C1CCCC1.C[C@@H](C1=C(P(c2ccc(C(F)(F)F)cc2)c2ccc(C(F)(F)F)cc2)CCC1)P(c1ccc(C(F)(F)F)cc1)c1ccc(C(F)(F)F)cc1.[CH3-].[CH3-].[Fe+2]. The van der Waals surface area contributed by atoms with E-state index in [4.69, 9.17) is 0 Å². The van der Waals surface area contributed by atoms with E-state index in [2.05, 4.69) is 0 Å². The molecule has 1 atom stereocenters. The maximum atomic E-state index is 13.4. The van der Waals surface area contributed by atoms with Crippen molar-refractivity contribution < 1.29 is 69.8 Å². The summed E-state index contributed by atoms with van der Waals surface area (Å²) in [6.07, 6.45) is -9.46. The normalized spacial score (nSPS) is 15.4. The minimum Gasteiger partial charge on any atom is -0.358 e. The third-order valence-corrected chi connectivity index (χ3v) is 15.0. The van der Waals surface area contributed by atoms with E-state index in [0.29, 0.717) is 40.5 Å². The molecule has 0 saturated heterocycles. The van der Waals surface area contributed by atoms with E-state index in [9.17, 15) is 52.7 Å². The number of hydrogen-bond donors (Lipinski definition) is 0. The Morgan fingerprint density at radius 2 is 0.667 bits per heavy atom. The Bertz CT molecular complexity index is 1730. The van der Waals surface area contributed by atoms with E-state index >= 15 is 0 Å². The molecule has 312 valence electrons. The van der Waals surface area contributed by atoms with Crippen LogP contribution in [-0.2, 0) is 41.8 Å². The number of halogens is 12. The fraction of sp³-hybridized carbons (Fsp3) is 0.333. The van der Waals surface area contributed by atoms with Crippen LogP contribution in [0, 0.1) is 14.9 Å². The van der Waals surface area contributed by atoms with Gasteiger partial charge in [-0.05, 0) is 110 Å². The predicted octanol–water partition coefficient (Wildman–Crippen LogP) is 14.0. The van der Waals surface area contributed by atoms with Crippen LogP contribution in [-0.4, -0.2) is 5.66 Å². The first-order valence-corrected chi connectivity index (χ1v) is 20.0. The molecule has 0 aliphatic heterocycles. The molecule has 0 heterocycles. The van der Waals surface area contributed by atoms with Crippen LogP contribution in [0.15, 0.2) is 108 Å². The van der Waals surface area contributed by atoms with Crippen LogP contribution in [0.3, 0.4) is 0 Å². The number of benzene rings is 4. The van der Waals surface area contributed by atoms with Crippen molar-refractivity contribution in [1.82, 2.24) is 0 Å². The summed E-state index contributed by atoms with van der Waals surface area (Å²) in [6, 6.07) is 17.6. The molecule has 2 aliphatic rings. The largest absolute Gasteiger partial charge is 2.00 e. The first kappa shape index (κ1) is 50.3. The molecule has 0 unspecified atom stereocenters. The summed E-state index contributed by atoms with van der Waals surface area (Å²) >= 11 is 0. The van der Waals surface area contributed by atoms with Crippen molar-refractivity contribution in [2.24, 2.45) is 0 Å². The minimum absolute atomic E-state index is 0. The zero-order valence-electron chi connectivity index (χ0n) is 31.3. The van der Waals surface area contributed by atoms with Gasteiger partial charge >= 0.3 is 41.8 Å². The summed E-state index contributed by atoms with van der Waals surface area (Å²) in [5.41, 5.74) is -3.24. The van der Waals surface area contributed by atoms with Crippen molar-refractivity contribution >= 4 is 37.1 Å². The average molecular weight is 893 g/mol. The molecule has 0 radical (unpaired) electrons. The van der Waals surface area contributed by atoms with Crippen LogP contribution in [0.2, 0.25) is 0 Å². The zero-order chi connectivity index (χ0) is 39.5. The summed E-state index contributed by atoms with van der Waals surface area (Å²) < 4.78 is 161. The van der Waals surface area contributed by atoms with Gasteiger partial charge in [-0.25, -0.2) is 0 Å². The Balaban J connectivity index is 0.00000130. The van der Waals surface area contributed by atoms with Crippen molar-refractivity contribution in [3.05, 3.63) is 145 Å². The number of hydrogen-bond acceptors (Lipinski definition) is 0. The first-order chi connectivity index (χ1) is 25.2. The van der Waals surface area contributed by atoms with Crippen molar-refractivity contribution in [3.8, 4) is 0 Å². The van der Waals surface area contributed by atoms with Crippen LogP contribution in [0.5, 0.6) is 0 Å². The standard InChI is InChI=1S/C35H26F12P2.C5H10.2CH3.Fe/c1-21(48(26-13-5-22(6-14-26)32(36,37)38)27-15-7-23(8-16-27)33(39,40)41)30-3-2-4-31(30)49(28-17-9-24(10-18-28)34(42,43)44)29-19-11-25(12-20-29)35(45,46)47;1-2-4-5-3-1;;;/h5-21H,2-4H2,1H3;1-5H2;2*1H3;/q;;2*-1;+2/t21-;;;;/m0..../s1. The molecule has 0 bridgehead atoms. The maximum absolute atomic E-state index is 13.4. The van der Waals surface area contributed by atoms with Gasteiger partial charge in [-0.1, -0.05) is 93.1 Å². The van der Waals surface area contributed by atoms with Crippen LogP contribution < -0.4 is 21.2 Å². The van der Waals surface area contributed by atoms with Crippen molar-refractivity contribution in [2.45, 2.75) is 88.7 Å². The monoisotopic (exact) mass is 892 g/mol. The van der Waals surface area contributed by atoms with Crippen molar-refractivity contribution in [3.63, 3.8) is 0 Å². The van der Waals surface area contributed by atoms with Crippen LogP contribution in [0.25, 0.3) is 0 Å². The van der Waals surface area contributed by atoms with Crippen LogP contribution in [0.1, 0.15) is 80.5 Å². The molecule has 4 aromatic rings. The quantitative estimate of drug-likeness (QED) is 0.0751.